The van der Waals surface area contributed by atoms with Crippen LogP contribution in [-0.2, 0) is 13.0 Å². The maximum atomic E-state index is 5.92. The molecule has 1 aromatic carbocycles. The lowest BCUT2D eigenvalue weighted by atomic mass is 10.2. The summed E-state index contributed by atoms with van der Waals surface area (Å²) >= 11 is 5.92. The first-order chi connectivity index (χ1) is 10.1. The molecule has 1 heterocycles. The van der Waals surface area contributed by atoms with E-state index in [0.717, 1.165) is 41.9 Å². The highest BCUT2D eigenvalue weighted by Crippen LogP contribution is 2.18. The van der Waals surface area contributed by atoms with E-state index < -0.39 is 0 Å². The van der Waals surface area contributed by atoms with Gasteiger partial charge >= 0.3 is 0 Å². The maximum Gasteiger partial charge on any atom is 0.134 e. The summed E-state index contributed by atoms with van der Waals surface area (Å²) in [7, 11) is 3.91. The summed E-state index contributed by atoms with van der Waals surface area (Å²) in [4.78, 5) is 11.2. The van der Waals surface area contributed by atoms with Crippen molar-refractivity contribution in [2.24, 2.45) is 0 Å². The smallest absolute Gasteiger partial charge is 0.134 e. The Balaban J connectivity index is 2.19. The molecular weight excluding hydrogens is 284 g/mol. The van der Waals surface area contributed by atoms with Crippen LogP contribution >= 0.6 is 11.6 Å². The Morgan fingerprint density at radius 1 is 1.19 bits per heavy atom. The number of hydrogen-bond acceptors (Lipinski definition) is 4. The molecule has 0 saturated carbocycles. The van der Waals surface area contributed by atoms with Gasteiger partial charge in [-0.2, -0.15) is 0 Å². The minimum atomic E-state index is 0.756. The standard InChI is InChI=1S/C16H21ClN4/c1-4-5-14-19-15(18-2)10-16(20-14)21(3)11-12-6-8-13(17)9-7-12/h6-10H,4-5,11H2,1-3H3,(H,18,19,20). The summed E-state index contributed by atoms with van der Waals surface area (Å²) in [6.07, 6.45) is 1.92. The summed E-state index contributed by atoms with van der Waals surface area (Å²) in [5.41, 5.74) is 1.20. The van der Waals surface area contributed by atoms with Crippen LogP contribution in [0.3, 0.4) is 0 Å². The van der Waals surface area contributed by atoms with Gasteiger partial charge in [0.15, 0.2) is 0 Å². The minimum Gasteiger partial charge on any atom is -0.373 e. The SMILES string of the molecule is CCCc1nc(NC)cc(N(C)Cc2ccc(Cl)cc2)n1. The number of rotatable bonds is 6. The van der Waals surface area contributed by atoms with Gasteiger partial charge in [0.25, 0.3) is 0 Å². The zero-order chi connectivity index (χ0) is 15.2. The third-order valence-corrected chi connectivity index (χ3v) is 3.46. The average Bonchev–Trinajstić information content (AvgIpc) is 2.49. The molecule has 0 atom stereocenters. The molecule has 0 bridgehead atoms. The largest absolute Gasteiger partial charge is 0.373 e. The molecule has 4 nitrogen and oxygen atoms in total. The number of halogens is 1. The van der Waals surface area contributed by atoms with Crippen molar-refractivity contribution in [3.63, 3.8) is 0 Å². The van der Waals surface area contributed by atoms with Gasteiger partial charge in [-0.3, -0.25) is 0 Å². The summed E-state index contributed by atoms with van der Waals surface area (Å²) in [5, 5.41) is 3.85. The van der Waals surface area contributed by atoms with Crippen molar-refractivity contribution in [1.29, 1.82) is 0 Å². The molecule has 2 rings (SSSR count). The van der Waals surface area contributed by atoms with Crippen molar-refractivity contribution >= 4 is 23.2 Å². The van der Waals surface area contributed by atoms with Gasteiger partial charge < -0.3 is 10.2 Å². The zero-order valence-corrected chi connectivity index (χ0v) is 13.5. The second-order valence-corrected chi connectivity index (χ2v) is 5.45. The Morgan fingerprint density at radius 2 is 1.90 bits per heavy atom. The summed E-state index contributed by atoms with van der Waals surface area (Å²) in [6.45, 7) is 2.91. The van der Waals surface area contributed by atoms with Crippen molar-refractivity contribution in [3.05, 3.63) is 46.7 Å². The highest BCUT2D eigenvalue weighted by atomic mass is 35.5. The number of benzene rings is 1. The van der Waals surface area contributed by atoms with Crippen LogP contribution in [-0.4, -0.2) is 24.1 Å². The Hall–Kier alpha value is -1.81. The third-order valence-electron chi connectivity index (χ3n) is 3.21. The molecule has 0 fully saturated rings. The van der Waals surface area contributed by atoms with Crippen molar-refractivity contribution in [1.82, 2.24) is 9.97 Å². The van der Waals surface area contributed by atoms with E-state index in [-0.39, 0.29) is 0 Å². The van der Waals surface area contributed by atoms with Gasteiger partial charge in [0.2, 0.25) is 0 Å². The normalized spacial score (nSPS) is 10.5. The van der Waals surface area contributed by atoms with Crippen LogP contribution < -0.4 is 10.2 Å². The van der Waals surface area contributed by atoms with E-state index in [0.29, 0.717) is 0 Å². The van der Waals surface area contributed by atoms with Crippen LogP contribution in [0.25, 0.3) is 0 Å². The predicted octanol–water partition coefficient (Wildman–Crippen LogP) is 3.76. The minimum absolute atomic E-state index is 0.756. The molecule has 0 saturated heterocycles. The van der Waals surface area contributed by atoms with Gasteiger partial charge in [0.1, 0.15) is 17.5 Å². The molecule has 112 valence electrons. The number of nitrogens with one attached hydrogen (secondary N) is 1. The van der Waals surface area contributed by atoms with Gasteiger partial charge in [0, 0.05) is 38.1 Å². The van der Waals surface area contributed by atoms with Crippen LogP contribution in [0, 0.1) is 0 Å². The van der Waals surface area contributed by atoms with Crippen LogP contribution in [0.1, 0.15) is 24.7 Å². The molecule has 0 aliphatic rings. The lowest BCUT2D eigenvalue weighted by molar-refractivity contribution is 0.813. The van der Waals surface area contributed by atoms with Crippen molar-refractivity contribution in [2.45, 2.75) is 26.3 Å². The summed E-state index contributed by atoms with van der Waals surface area (Å²) < 4.78 is 0. The molecular formula is C16H21ClN4. The molecule has 2 aromatic rings. The zero-order valence-electron chi connectivity index (χ0n) is 12.7. The van der Waals surface area contributed by atoms with Gasteiger partial charge in [-0.1, -0.05) is 30.7 Å². The monoisotopic (exact) mass is 304 g/mol. The third kappa shape index (κ3) is 4.33. The fraction of sp³-hybridized carbons (Fsp3) is 0.375. The van der Waals surface area contributed by atoms with E-state index >= 15 is 0 Å². The van der Waals surface area contributed by atoms with Crippen molar-refractivity contribution in [2.75, 3.05) is 24.3 Å². The molecule has 1 aromatic heterocycles. The Morgan fingerprint density at radius 3 is 2.52 bits per heavy atom. The number of aromatic nitrogens is 2. The molecule has 0 radical (unpaired) electrons. The Kier molecular flexibility index (Phi) is 5.39. The molecule has 0 aliphatic heterocycles. The average molecular weight is 305 g/mol. The van der Waals surface area contributed by atoms with E-state index in [1.807, 2.05) is 44.4 Å². The highest BCUT2D eigenvalue weighted by Gasteiger charge is 2.08. The van der Waals surface area contributed by atoms with E-state index in [2.05, 4.69) is 27.1 Å². The highest BCUT2D eigenvalue weighted by molar-refractivity contribution is 6.30. The topological polar surface area (TPSA) is 41.1 Å². The van der Waals surface area contributed by atoms with Crippen molar-refractivity contribution in [3.8, 4) is 0 Å². The number of aryl methyl sites for hydroxylation is 1. The molecule has 0 aliphatic carbocycles. The fourth-order valence-electron chi connectivity index (χ4n) is 2.09. The molecule has 0 amide bonds. The van der Waals surface area contributed by atoms with Gasteiger partial charge in [-0.05, 0) is 24.1 Å². The number of hydrogen-bond donors (Lipinski definition) is 1. The quantitative estimate of drug-likeness (QED) is 0.882. The van der Waals surface area contributed by atoms with E-state index in [1.165, 1.54) is 5.56 Å². The maximum absolute atomic E-state index is 5.92. The van der Waals surface area contributed by atoms with Crippen LogP contribution in [0.4, 0.5) is 11.6 Å². The van der Waals surface area contributed by atoms with E-state index in [4.69, 9.17) is 11.6 Å². The number of nitrogens with zero attached hydrogens (tertiary/aromatic N) is 3. The lowest BCUT2D eigenvalue weighted by Crippen LogP contribution is -2.19. The predicted molar refractivity (Wildman–Crippen MR) is 89.1 cm³/mol. The van der Waals surface area contributed by atoms with Crippen LogP contribution in [0.15, 0.2) is 30.3 Å². The molecule has 0 unspecified atom stereocenters. The second-order valence-electron chi connectivity index (χ2n) is 5.01. The Bertz CT molecular complexity index is 583. The van der Waals surface area contributed by atoms with Crippen molar-refractivity contribution < 1.29 is 0 Å². The summed E-state index contributed by atoms with van der Waals surface area (Å²) in [6, 6.07) is 9.85. The Labute approximate surface area is 131 Å². The number of anilines is 2. The molecule has 5 heteroatoms. The first kappa shape index (κ1) is 15.6. The summed E-state index contributed by atoms with van der Waals surface area (Å²) in [5.74, 6) is 2.65. The van der Waals surface area contributed by atoms with Gasteiger partial charge in [-0.15, -0.1) is 0 Å². The molecule has 0 spiro atoms. The van der Waals surface area contributed by atoms with Gasteiger partial charge in [0.05, 0.1) is 0 Å². The van der Waals surface area contributed by atoms with Crippen LogP contribution in [0.5, 0.6) is 0 Å². The first-order valence-electron chi connectivity index (χ1n) is 7.13. The lowest BCUT2D eigenvalue weighted by Gasteiger charge is -2.19. The van der Waals surface area contributed by atoms with E-state index in [9.17, 15) is 0 Å². The van der Waals surface area contributed by atoms with E-state index in [1.54, 1.807) is 0 Å². The van der Waals surface area contributed by atoms with Gasteiger partial charge in [-0.25, -0.2) is 9.97 Å². The molecule has 1 N–H and O–H groups in total. The first-order valence-corrected chi connectivity index (χ1v) is 7.51. The molecule has 21 heavy (non-hydrogen) atoms. The second kappa shape index (κ2) is 7.27. The van der Waals surface area contributed by atoms with Crippen LogP contribution in [0.2, 0.25) is 5.02 Å². The fourth-order valence-corrected chi connectivity index (χ4v) is 2.21.